The summed E-state index contributed by atoms with van der Waals surface area (Å²) in [6, 6.07) is 4.65. The second-order valence-corrected chi connectivity index (χ2v) is 6.72. The van der Waals surface area contributed by atoms with Gasteiger partial charge in [-0.05, 0) is 42.8 Å². The zero-order valence-corrected chi connectivity index (χ0v) is 13.7. The molecule has 1 unspecified atom stereocenters. The number of nitro groups is 1. The lowest BCUT2D eigenvalue weighted by atomic mass is 10.2. The third-order valence-corrected chi connectivity index (χ3v) is 4.48. The number of rotatable bonds is 4. The van der Waals surface area contributed by atoms with E-state index < -0.39 is 4.92 Å². The van der Waals surface area contributed by atoms with E-state index in [-0.39, 0.29) is 11.7 Å². The number of nitrogens with one attached hydrogen (secondary N) is 1. The van der Waals surface area contributed by atoms with Gasteiger partial charge in [-0.1, -0.05) is 0 Å². The van der Waals surface area contributed by atoms with Gasteiger partial charge in [0.05, 0.1) is 27.4 Å². The summed E-state index contributed by atoms with van der Waals surface area (Å²) in [7, 11) is 0. The average Bonchev–Trinajstić information content (AvgIpc) is 2.71. The zero-order valence-electron chi connectivity index (χ0n) is 11.3. The maximum atomic E-state index is 10.8. The minimum atomic E-state index is -0.402. The molecule has 1 aromatic heterocycles. The van der Waals surface area contributed by atoms with E-state index in [1.807, 2.05) is 20.8 Å². The van der Waals surface area contributed by atoms with Crippen LogP contribution in [0.25, 0.3) is 0 Å². The predicted molar refractivity (Wildman–Crippen MR) is 84.4 cm³/mol. The van der Waals surface area contributed by atoms with Gasteiger partial charge in [0.25, 0.3) is 5.69 Å². The van der Waals surface area contributed by atoms with Gasteiger partial charge < -0.3 is 5.32 Å². The maximum absolute atomic E-state index is 10.8. The average molecular weight is 356 g/mol. The van der Waals surface area contributed by atoms with Gasteiger partial charge in [-0.3, -0.25) is 10.1 Å². The van der Waals surface area contributed by atoms with Crippen molar-refractivity contribution in [3.63, 3.8) is 0 Å². The topological polar surface area (TPSA) is 68.1 Å². The Balaban J connectivity index is 2.27. The summed E-state index contributed by atoms with van der Waals surface area (Å²) in [6.45, 7) is 5.99. The summed E-state index contributed by atoms with van der Waals surface area (Å²) in [5, 5.41) is 15.1. The van der Waals surface area contributed by atoms with Crippen LogP contribution in [0.1, 0.15) is 28.5 Å². The third kappa shape index (κ3) is 3.16. The lowest BCUT2D eigenvalue weighted by Gasteiger charge is -2.15. The van der Waals surface area contributed by atoms with E-state index >= 15 is 0 Å². The van der Waals surface area contributed by atoms with Gasteiger partial charge in [0.15, 0.2) is 0 Å². The van der Waals surface area contributed by atoms with Crippen LogP contribution in [-0.4, -0.2) is 9.91 Å². The number of halogens is 1. The second-order valence-electron chi connectivity index (χ2n) is 4.46. The highest BCUT2D eigenvalue weighted by atomic mass is 79.9. The monoisotopic (exact) mass is 355 g/mol. The number of anilines is 1. The van der Waals surface area contributed by atoms with Gasteiger partial charge in [0.2, 0.25) is 0 Å². The van der Waals surface area contributed by atoms with Crippen LogP contribution in [0.4, 0.5) is 11.4 Å². The van der Waals surface area contributed by atoms with Gasteiger partial charge in [-0.2, -0.15) is 0 Å². The van der Waals surface area contributed by atoms with E-state index in [1.54, 1.807) is 17.4 Å². The number of aromatic nitrogens is 1. The first-order valence-electron chi connectivity index (χ1n) is 6.03. The van der Waals surface area contributed by atoms with Crippen molar-refractivity contribution in [2.24, 2.45) is 0 Å². The number of benzene rings is 1. The van der Waals surface area contributed by atoms with Crippen molar-refractivity contribution in [3.8, 4) is 0 Å². The maximum Gasteiger partial charge on any atom is 0.271 e. The highest BCUT2D eigenvalue weighted by Gasteiger charge is 2.16. The minimum absolute atomic E-state index is 0.0155. The molecule has 1 heterocycles. The fourth-order valence-electron chi connectivity index (χ4n) is 1.99. The molecule has 0 saturated heterocycles. The molecule has 2 aromatic rings. The van der Waals surface area contributed by atoms with Crippen molar-refractivity contribution in [2.75, 3.05) is 5.32 Å². The molecule has 106 valence electrons. The summed E-state index contributed by atoms with van der Waals surface area (Å²) in [5.74, 6) is 0. The highest BCUT2D eigenvalue weighted by Crippen LogP contribution is 2.31. The molecule has 0 aliphatic rings. The molecule has 0 spiro atoms. The molecule has 7 heteroatoms. The predicted octanol–water partition coefficient (Wildman–Crippen LogP) is 4.60. The number of thiazole rings is 1. The molecule has 5 nitrogen and oxygen atoms in total. The van der Waals surface area contributed by atoms with Gasteiger partial charge in [-0.25, -0.2) is 4.98 Å². The molecule has 1 aromatic carbocycles. The van der Waals surface area contributed by atoms with Crippen molar-refractivity contribution in [1.82, 2.24) is 4.98 Å². The largest absolute Gasteiger partial charge is 0.376 e. The van der Waals surface area contributed by atoms with E-state index in [1.165, 1.54) is 12.1 Å². The van der Waals surface area contributed by atoms with Gasteiger partial charge in [0.1, 0.15) is 0 Å². The number of non-ortho nitro benzene ring substituents is 1. The van der Waals surface area contributed by atoms with E-state index in [4.69, 9.17) is 0 Å². The highest BCUT2D eigenvalue weighted by molar-refractivity contribution is 9.10. The molecule has 0 aliphatic heterocycles. The Labute approximate surface area is 129 Å². The summed E-state index contributed by atoms with van der Waals surface area (Å²) in [4.78, 5) is 16.1. The zero-order chi connectivity index (χ0) is 14.9. The molecule has 1 N–H and O–H groups in total. The number of nitrogens with zero attached hydrogens (tertiary/aromatic N) is 2. The lowest BCUT2D eigenvalue weighted by Crippen LogP contribution is -2.09. The normalized spacial score (nSPS) is 12.2. The van der Waals surface area contributed by atoms with Crippen LogP contribution in [0.3, 0.4) is 0 Å². The Morgan fingerprint density at radius 2 is 2.15 bits per heavy atom. The van der Waals surface area contributed by atoms with Crippen molar-refractivity contribution in [3.05, 3.63) is 48.4 Å². The number of aryl methyl sites for hydroxylation is 2. The van der Waals surface area contributed by atoms with Crippen LogP contribution in [0.2, 0.25) is 0 Å². The minimum Gasteiger partial charge on any atom is -0.376 e. The van der Waals surface area contributed by atoms with E-state index in [0.29, 0.717) is 5.69 Å². The second kappa shape index (κ2) is 5.88. The molecule has 0 fully saturated rings. The summed E-state index contributed by atoms with van der Waals surface area (Å²) < 4.78 is 0.791. The number of hydrogen-bond donors (Lipinski definition) is 1. The first-order valence-corrected chi connectivity index (χ1v) is 7.64. The molecule has 0 amide bonds. The Morgan fingerprint density at radius 3 is 2.70 bits per heavy atom. The molecule has 0 aliphatic carbocycles. The molecule has 0 radical (unpaired) electrons. The Kier molecular flexibility index (Phi) is 4.39. The fourth-order valence-corrected chi connectivity index (χ4v) is 3.26. The molecular weight excluding hydrogens is 342 g/mol. The third-order valence-electron chi connectivity index (χ3n) is 2.88. The van der Waals surface area contributed by atoms with Crippen molar-refractivity contribution >= 4 is 38.6 Å². The quantitative estimate of drug-likeness (QED) is 0.642. The van der Waals surface area contributed by atoms with Crippen molar-refractivity contribution in [1.29, 1.82) is 0 Å². The van der Waals surface area contributed by atoms with E-state index in [2.05, 4.69) is 26.2 Å². The smallest absolute Gasteiger partial charge is 0.271 e. The van der Waals surface area contributed by atoms with Crippen LogP contribution in [-0.2, 0) is 0 Å². The fraction of sp³-hybridized carbons (Fsp3) is 0.308. The molecule has 20 heavy (non-hydrogen) atoms. The Bertz CT molecular complexity index is 657. The van der Waals surface area contributed by atoms with Gasteiger partial charge in [-0.15, -0.1) is 11.3 Å². The number of hydrogen-bond acceptors (Lipinski definition) is 5. The molecule has 0 saturated carbocycles. The first kappa shape index (κ1) is 14.9. The van der Waals surface area contributed by atoms with Crippen LogP contribution in [0.5, 0.6) is 0 Å². The van der Waals surface area contributed by atoms with Crippen molar-refractivity contribution < 1.29 is 4.92 Å². The van der Waals surface area contributed by atoms with Crippen LogP contribution in [0.15, 0.2) is 22.7 Å². The Hall–Kier alpha value is -1.47. The van der Waals surface area contributed by atoms with E-state index in [9.17, 15) is 10.1 Å². The lowest BCUT2D eigenvalue weighted by molar-refractivity contribution is -0.384. The van der Waals surface area contributed by atoms with Crippen LogP contribution < -0.4 is 5.32 Å². The Morgan fingerprint density at radius 1 is 1.45 bits per heavy atom. The summed E-state index contributed by atoms with van der Waals surface area (Å²) in [5.41, 5.74) is 1.73. The molecule has 1 atom stereocenters. The van der Waals surface area contributed by atoms with E-state index in [0.717, 1.165) is 20.1 Å². The van der Waals surface area contributed by atoms with Crippen molar-refractivity contribution in [2.45, 2.75) is 26.8 Å². The molecule has 0 bridgehead atoms. The summed E-state index contributed by atoms with van der Waals surface area (Å²) in [6.07, 6.45) is 0. The first-order chi connectivity index (χ1) is 9.38. The van der Waals surface area contributed by atoms with Gasteiger partial charge >= 0.3 is 0 Å². The summed E-state index contributed by atoms with van der Waals surface area (Å²) >= 11 is 5.05. The number of nitro benzene ring substituents is 1. The van der Waals surface area contributed by atoms with Crippen LogP contribution in [0, 0.1) is 24.0 Å². The molecule has 2 rings (SSSR count). The van der Waals surface area contributed by atoms with Crippen LogP contribution >= 0.6 is 27.3 Å². The SMILES string of the molecule is Cc1nc(C(C)Nc2cc([N+](=O)[O-])ccc2Br)c(C)s1. The van der Waals surface area contributed by atoms with Gasteiger partial charge in [0, 0.05) is 21.5 Å². The standard InChI is InChI=1S/C13H14BrN3O2S/c1-7(13-8(2)20-9(3)16-13)15-12-6-10(17(18)19)4-5-11(12)14/h4-7,15H,1-3H3. The molecular formula is C13H14BrN3O2S.